The second kappa shape index (κ2) is 9.06. The predicted molar refractivity (Wildman–Crippen MR) is 114 cm³/mol. The molecule has 1 aromatic rings. The van der Waals surface area contributed by atoms with Gasteiger partial charge in [0.2, 0.25) is 5.91 Å². The van der Waals surface area contributed by atoms with E-state index in [1.54, 1.807) is 25.7 Å². The number of alkyl carbamates (subject to hydrolysis) is 1. The maximum Gasteiger partial charge on any atom is 0.408 e. The largest absolute Gasteiger partial charge is 0.469 e. The predicted octanol–water partition coefficient (Wildman–Crippen LogP) is 3.44. The molecule has 7 heteroatoms. The van der Waals surface area contributed by atoms with Gasteiger partial charge in [-0.25, -0.2) is 4.79 Å². The first-order chi connectivity index (χ1) is 13.8. The molecule has 7 nitrogen and oxygen atoms in total. The van der Waals surface area contributed by atoms with E-state index in [2.05, 4.69) is 5.32 Å². The van der Waals surface area contributed by atoms with Gasteiger partial charge < -0.3 is 19.7 Å². The van der Waals surface area contributed by atoms with E-state index in [4.69, 9.17) is 9.47 Å². The van der Waals surface area contributed by atoms with Crippen molar-refractivity contribution in [3.05, 3.63) is 35.4 Å². The van der Waals surface area contributed by atoms with Crippen LogP contribution in [0.15, 0.2) is 24.3 Å². The average Bonchev–Trinajstić information content (AvgIpc) is 2.62. The first-order valence-corrected chi connectivity index (χ1v) is 10.3. The Morgan fingerprint density at radius 3 is 2.23 bits per heavy atom. The second-order valence-corrected chi connectivity index (χ2v) is 9.82. The summed E-state index contributed by atoms with van der Waals surface area (Å²) in [6.45, 7) is 11.4. The van der Waals surface area contributed by atoms with E-state index in [0.29, 0.717) is 13.0 Å². The summed E-state index contributed by atoms with van der Waals surface area (Å²) in [7, 11) is 1.34. The Labute approximate surface area is 179 Å². The Kier molecular flexibility index (Phi) is 7.16. The van der Waals surface area contributed by atoms with Crippen molar-refractivity contribution in [2.75, 3.05) is 7.11 Å². The van der Waals surface area contributed by atoms with Gasteiger partial charge in [-0.2, -0.15) is 0 Å². The lowest BCUT2D eigenvalue weighted by Gasteiger charge is -2.41. The summed E-state index contributed by atoms with van der Waals surface area (Å²) in [5.74, 6) is -0.610. The minimum absolute atomic E-state index is 0.0971. The van der Waals surface area contributed by atoms with E-state index in [1.807, 2.05) is 45.0 Å². The maximum atomic E-state index is 13.6. The van der Waals surface area contributed by atoms with Gasteiger partial charge in [0.25, 0.3) is 0 Å². The number of carbonyl (C=O) groups excluding carboxylic acids is 3. The van der Waals surface area contributed by atoms with Crippen molar-refractivity contribution in [1.82, 2.24) is 10.2 Å². The molecule has 2 amide bonds. The average molecular weight is 419 g/mol. The Morgan fingerprint density at radius 2 is 1.70 bits per heavy atom. The summed E-state index contributed by atoms with van der Waals surface area (Å²) in [5.41, 5.74) is 0.924. The second-order valence-electron chi connectivity index (χ2n) is 9.82. The topological polar surface area (TPSA) is 84.9 Å². The zero-order valence-corrected chi connectivity index (χ0v) is 19.1. The van der Waals surface area contributed by atoms with Crippen LogP contribution in [0.25, 0.3) is 0 Å². The van der Waals surface area contributed by atoms with E-state index in [9.17, 15) is 14.4 Å². The molecule has 0 aliphatic carbocycles. The van der Waals surface area contributed by atoms with Crippen LogP contribution in [0.1, 0.15) is 59.1 Å². The van der Waals surface area contributed by atoms with Gasteiger partial charge in [-0.1, -0.05) is 45.0 Å². The van der Waals surface area contributed by atoms with Crippen molar-refractivity contribution >= 4 is 18.0 Å². The molecule has 1 aromatic carbocycles. The molecule has 2 rings (SSSR count). The number of nitrogens with zero attached hydrogens (tertiary/aromatic N) is 1. The number of benzene rings is 1. The summed E-state index contributed by atoms with van der Waals surface area (Å²) >= 11 is 0. The van der Waals surface area contributed by atoms with Crippen molar-refractivity contribution in [1.29, 1.82) is 0 Å². The number of rotatable bonds is 4. The normalized spacial score (nSPS) is 17.6. The number of ether oxygens (including phenoxy) is 2. The van der Waals surface area contributed by atoms with Crippen LogP contribution in [0.3, 0.4) is 0 Å². The Bertz CT molecular complexity index is 792. The van der Waals surface area contributed by atoms with Crippen molar-refractivity contribution in [3.8, 4) is 0 Å². The summed E-state index contributed by atoms with van der Waals surface area (Å²) in [5, 5.41) is 2.75. The number of hydrogen-bond acceptors (Lipinski definition) is 5. The molecule has 1 N–H and O–H groups in total. The molecule has 30 heavy (non-hydrogen) atoms. The molecule has 1 heterocycles. The number of carbonyl (C=O) groups is 3. The highest BCUT2D eigenvalue weighted by Gasteiger charge is 2.41. The SMILES string of the molecule is COC(=O)C[C@H]1Cc2ccccc2CN1C(=O)[C@@H](NC(=O)OC(C)(C)C)C(C)(C)C. The molecule has 0 fully saturated rings. The van der Waals surface area contributed by atoms with Gasteiger partial charge in [-0.05, 0) is 43.7 Å². The quantitative estimate of drug-likeness (QED) is 0.757. The van der Waals surface area contributed by atoms with E-state index in [-0.39, 0.29) is 24.3 Å². The van der Waals surface area contributed by atoms with Crippen LogP contribution >= 0.6 is 0 Å². The third-order valence-corrected chi connectivity index (χ3v) is 5.04. The first kappa shape index (κ1) is 23.7. The maximum absolute atomic E-state index is 13.6. The van der Waals surface area contributed by atoms with Gasteiger partial charge in [0, 0.05) is 12.6 Å². The highest BCUT2D eigenvalue weighted by Crippen LogP contribution is 2.29. The van der Waals surface area contributed by atoms with E-state index >= 15 is 0 Å². The van der Waals surface area contributed by atoms with Gasteiger partial charge >= 0.3 is 12.1 Å². The fourth-order valence-electron chi connectivity index (χ4n) is 3.54. The van der Waals surface area contributed by atoms with E-state index in [0.717, 1.165) is 11.1 Å². The lowest BCUT2D eigenvalue weighted by Crippen LogP contribution is -2.58. The molecule has 0 aromatic heterocycles. The van der Waals surface area contributed by atoms with Crippen LogP contribution < -0.4 is 5.32 Å². The molecule has 0 radical (unpaired) electrons. The summed E-state index contributed by atoms with van der Waals surface area (Å²) < 4.78 is 10.2. The number of esters is 1. The fraction of sp³-hybridized carbons (Fsp3) is 0.609. The zero-order chi connectivity index (χ0) is 22.7. The Hall–Kier alpha value is -2.57. The molecule has 2 atom stereocenters. The smallest absolute Gasteiger partial charge is 0.408 e. The standard InChI is InChI=1S/C23H34N2O5/c1-22(2,3)19(24-21(28)30-23(4,5)6)20(27)25-14-16-11-9-8-10-15(16)12-17(25)13-18(26)29-7/h8-11,17,19H,12-14H2,1-7H3,(H,24,28)/t17-,19-/m1/s1. The lowest BCUT2D eigenvalue weighted by molar-refractivity contribution is -0.146. The van der Waals surface area contributed by atoms with Crippen LogP contribution in [-0.4, -0.2) is 47.7 Å². The molecule has 0 unspecified atom stereocenters. The molecule has 0 spiro atoms. The highest BCUT2D eigenvalue weighted by molar-refractivity contribution is 5.87. The number of fused-ring (bicyclic) bond motifs is 1. The Morgan fingerprint density at radius 1 is 1.10 bits per heavy atom. The third kappa shape index (κ3) is 6.21. The number of nitrogens with one attached hydrogen (secondary N) is 1. The van der Waals surface area contributed by atoms with E-state index < -0.39 is 23.2 Å². The number of methoxy groups -OCH3 is 1. The highest BCUT2D eigenvalue weighted by atomic mass is 16.6. The summed E-state index contributed by atoms with van der Waals surface area (Å²) in [6.07, 6.45) is 0.0119. The lowest BCUT2D eigenvalue weighted by atomic mass is 9.84. The van der Waals surface area contributed by atoms with Gasteiger partial charge in [-0.15, -0.1) is 0 Å². The van der Waals surface area contributed by atoms with E-state index in [1.165, 1.54) is 7.11 Å². The summed E-state index contributed by atoms with van der Waals surface area (Å²) in [6, 6.07) is 6.73. The van der Waals surface area contributed by atoms with Crippen molar-refractivity contribution in [3.63, 3.8) is 0 Å². The molecule has 0 bridgehead atoms. The molecule has 1 aliphatic heterocycles. The molecule has 166 valence electrons. The Balaban J connectivity index is 2.32. The van der Waals surface area contributed by atoms with Crippen LogP contribution in [0.2, 0.25) is 0 Å². The summed E-state index contributed by atoms with van der Waals surface area (Å²) in [4.78, 5) is 39.8. The van der Waals surface area contributed by atoms with Crippen LogP contribution in [0.5, 0.6) is 0 Å². The number of amides is 2. The third-order valence-electron chi connectivity index (χ3n) is 5.04. The van der Waals surface area contributed by atoms with Crippen molar-refractivity contribution < 1.29 is 23.9 Å². The first-order valence-electron chi connectivity index (χ1n) is 10.3. The molecule has 0 saturated carbocycles. The fourth-order valence-corrected chi connectivity index (χ4v) is 3.54. The van der Waals surface area contributed by atoms with Gasteiger partial charge in [0.15, 0.2) is 0 Å². The van der Waals surface area contributed by atoms with Crippen molar-refractivity contribution in [2.45, 2.75) is 78.6 Å². The van der Waals surface area contributed by atoms with Gasteiger partial charge in [0.05, 0.1) is 13.5 Å². The van der Waals surface area contributed by atoms with Gasteiger partial charge in [0.1, 0.15) is 11.6 Å². The molecular weight excluding hydrogens is 384 g/mol. The monoisotopic (exact) mass is 418 g/mol. The van der Waals surface area contributed by atoms with Crippen LogP contribution in [0, 0.1) is 5.41 Å². The van der Waals surface area contributed by atoms with Crippen LogP contribution in [-0.2, 0) is 32.0 Å². The minimum atomic E-state index is -0.808. The van der Waals surface area contributed by atoms with Crippen molar-refractivity contribution in [2.24, 2.45) is 5.41 Å². The molecule has 1 aliphatic rings. The number of hydrogen-bond donors (Lipinski definition) is 1. The zero-order valence-electron chi connectivity index (χ0n) is 19.1. The molecular formula is C23H34N2O5. The minimum Gasteiger partial charge on any atom is -0.469 e. The van der Waals surface area contributed by atoms with Crippen LogP contribution in [0.4, 0.5) is 4.79 Å². The van der Waals surface area contributed by atoms with Gasteiger partial charge in [-0.3, -0.25) is 9.59 Å². The molecule has 0 saturated heterocycles.